The lowest BCUT2D eigenvalue weighted by Crippen LogP contribution is -2.09. The summed E-state index contributed by atoms with van der Waals surface area (Å²) in [6.45, 7) is 0. The van der Waals surface area contributed by atoms with Gasteiger partial charge in [0.1, 0.15) is 0 Å². The second-order valence-corrected chi connectivity index (χ2v) is 14.9. The minimum absolute atomic E-state index is 1.10. The molecule has 0 amide bonds. The van der Waals surface area contributed by atoms with Crippen molar-refractivity contribution in [3.8, 4) is 33.4 Å². The Balaban J connectivity index is 1.18. The maximum atomic E-state index is 2.45. The largest absolute Gasteiger partial charge is 0.310 e. The molecule has 11 aromatic carbocycles. The Labute approximate surface area is 332 Å². The van der Waals surface area contributed by atoms with Gasteiger partial charge in [0.2, 0.25) is 0 Å². The van der Waals surface area contributed by atoms with Gasteiger partial charge in [-0.3, -0.25) is 0 Å². The van der Waals surface area contributed by atoms with Crippen LogP contribution in [0.4, 0.5) is 17.1 Å². The van der Waals surface area contributed by atoms with Crippen LogP contribution in [0.5, 0.6) is 0 Å². The van der Waals surface area contributed by atoms with Gasteiger partial charge in [0, 0.05) is 17.1 Å². The number of fused-ring (bicyclic) bond motifs is 8. The first-order valence-electron chi connectivity index (χ1n) is 19.7. The smallest absolute Gasteiger partial charge is 0.0468 e. The summed E-state index contributed by atoms with van der Waals surface area (Å²) in [6, 6.07) is 82.1. The highest BCUT2D eigenvalue weighted by Crippen LogP contribution is 2.49. The zero-order valence-electron chi connectivity index (χ0n) is 31.3. The van der Waals surface area contributed by atoms with E-state index in [0.29, 0.717) is 0 Å². The fourth-order valence-corrected chi connectivity index (χ4v) is 8.95. The van der Waals surface area contributed by atoms with Crippen molar-refractivity contribution in [2.24, 2.45) is 0 Å². The topological polar surface area (TPSA) is 3.24 Å². The van der Waals surface area contributed by atoms with Gasteiger partial charge in [-0.15, -0.1) is 0 Å². The van der Waals surface area contributed by atoms with E-state index in [1.807, 2.05) is 0 Å². The van der Waals surface area contributed by atoms with Crippen molar-refractivity contribution in [2.75, 3.05) is 4.90 Å². The minimum Gasteiger partial charge on any atom is -0.310 e. The SMILES string of the molecule is c1ccc(-c2cc(-c3ccc(N(c4ccc5ccccc5c4)c4ccc5ccccc5c4)cc3)c3c4ccccc4c4ccccc4c3c2-c2ccccc2)cc1. The standard InChI is InChI=1S/C56H37N/c1-3-17-40(18-4-1)52-37-53(55-50-25-13-11-23-48(50)49-24-12-14-26-51(49)56(55)54(52)42-19-5-2-6-20-42)41-29-31-45(32-30-41)57(46-33-27-38-15-7-9-21-43(38)35-46)47-34-28-39-16-8-10-22-44(39)36-47/h1-37H. The maximum absolute atomic E-state index is 2.45. The molecular weight excluding hydrogens is 687 g/mol. The number of hydrogen-bond acceptors (Lipinski definition) is 1. The molecule has 11 aromatic rings. The van der Waals surface area contributed by atoms with Crippen LogP contribution in [-0.4, -0.2) is 0 Å². The Morgan fingerprint density at radius 2 is 0.667 bits per heavy atom. The molecule has 0 heterocycles. The van der Waals surface area contributed by atoms with Crippen LogP contribution in [0.25, 0.3) is 87.2 Å². The molecular formula is C56H37N. The average molecular weight is 724 g/mol. The van der Waals surface area contributed by atoms with Gasteiger partial charge in [0.15, 0.2) is 0 Å². The molecule has 11 rings (SSSR count). The molecule has 0 fully saturated rings. The Kier molecular flexibility index (Phi) is 7.89. The predicted molar refractivity (Wildman–Crippen MR) is 245 cm³/mol. The monoisotopic (exact) mass is 723 g/mol. The summed E-state index contributed by atoms with van der Waals surface area (Å²) in [7, 11) is 0. The highest BCUT2D eigenvalue weighted by Gasteiger charge is 2.22. The molecule has 57 heavy (non-hydrogen) atoms. The number of rotatable bonds is 6. The van der Waals surface area contributed by atoms with E-state index < -0.39 is 0 Å². The van der Waals surface area contributed by atoms with E-state index in [1.165, 1.54) is 87.2 Å². The van der Waals surface area contributed by atoms with Gasteiger partial charge < -0.3 is 4.90 Å². The highest BCUT2D eigenvalue weighted by atomic mass is 15.1. The molecule has 266 valence electrons. The summed E-state index contributed by atoms with van der Waals surface area (Å²) < 4.78 is 0. The van der Waals surface area contributed by atoms with Gasteiger partial charge >= 0.3 is 0 Å². The van der Waals surface area contributed by atoms with E-state index in [1.54, 1.807) is 0 Å². The predicted octanol–water partition coefficient (Wildman–Crippen LogP) is 15.9. The third kappa shape index (κ3) is 5.63. The van der Waals surface area contributed by atoms with Gasteiger partial charge in [-0.05, 0) is 130 Å². The fraction of sp³-hybridized carbons (Fsp3) is 0. The van der Waals surface area contributed by atoms with Crippen molar-refractivity contribution in [3.05, 3.63) is 224 Å². The first-order chi connectivity index (χ1) is 28.3. The number of hydrogen-bond donors (Lipinski definition) is 0. The molecule has 1 heteroatoms. The van der Waals surface area contributed by atoms with Crippen molar-refractivity contribution >= 4 is 70.9 Å². The lowest BCUT2D eigenvalue weighted by Gasteiger charge is -2.27. The van der Waals surface area contributed by atoms with Crippen molar-refractivity contribution in [1.82, 2.24) is 0 Å². The van der Waals surface area contributed by atoms with Crippen LogP contribution in [0.3, 0.4) is 0 Å². The molecule has 0 aliphatic rings. The molecule has 0 atom stereocenters. The van der Waals surface area contributed by atoms with E-state index in [0.717, 1.165) is 17.1 Å². The normalized spacial score (nSPS) is 11.5. The summed E-state index contributed by atoms with van der Waals surface area (Å²) >= 11 is 0. The van der Waals surface area contributed by atoms with E-state index in [4.69, 9.17) is 0 Å². The van der Waals surface area contributed by atoms with E-state index in [-0.39, 0.29) is 0 Å². The molecule has 0 aliphatic heterocycles. The molecule has 0 spiro atoms. The first-order valence-corrected chi connectivity index (χ1v) is 19.7. The number of nitrogens with zero attached hydrogens (tertiary/aromatic N) is 1. The summed E-state index contributed by atoms with van der Waals surface area (Å²) in [5.74, 6) is 0. The Bertz CT molecular complexity index is 3190. The van der Waals surface area contributed by atoms with Crippen molar-refractivity contribution in [2.45, 2.75) is 0 Å². The quantitative estimate of drug-likeness (QED) is 0.154. The van der Waals surface area contributed by atoms with E-state index >= 15 is 0 Å². The number of anilines is 3. The molecule has 0 aliphatic carbocycles. The summed E-state index contributed by atoms with van der Waals surface area (Å²) in [5, 5.41) is 12.5. The Morgan fingerprint density at radius 3 is 1.23 bits per heavy atom. The van der Waals surface area contributed by atoms with Crippen molar-refractivity contribution in [3.63, 3.8) is 0 Å². The summed E-state index contributed by atoms with van der Waals surface area (Å²) in [5.41, 5.74) is 10.7. The van der Waals surface area contributed by atoms with Crippen LogP contribution in [0.2, 0.25) is 0 Å². The molecule has 0 N–H and O–H groups in total. The Morgan fingerprint density at radius 1 is 0.246 bits per heavy atom. The molecule has 0 unspecified atom stereocenters. The number of benzene rings is 11. The zero-order chi connectivity index (χ0) is 37.7. The van der Waals surface area contributed by atoms with Gasteiger partial charge in [-0.25, -0.2) is 0 Å². The van der Waals surface area contributed by atoms with Crippen LogP contribution >= 0.6 is 0 Å². The van der Waals surface area contributed by atoms with Crippen LogP contribution < -0.4 is 4.90 Å². The van der Waals surface area contributed by atoms with E-state index in [9.17, 15) is 0 Å². The van der Waals surface area contributed by atoms with Crippen LogP contribution in [0, 0.1) is 0 Å². The minimum atomic E-state index is 1.10. The van der Waals surface area contributed by atoms with Crippen LogP contribution in [0.15, 0.2) is 224 Å². The maximum Gasteiger partial charge on any atom is 0.0468 e. The Hall–Kier alpha value is -7.48. The first kappa shape index (κ1) is 32.9. The molecule has 0 aromatic heterocycles. The molecule has 0 radical (unpaired) electrons. The van der Waals surface area contributed by atoms with Gasteiger partial charge in [0.05, 0.1) is 0 Å². The van der Waals surface area contributed by atoms with Crippen molar-refractivity contribution < 1.29 is 0 Å². The second-order valence-electron chi connectivity index (χ2n) is 14.9. The van der Waals surface area contributed by atoms with Gasteiger partial charge in [0.25, 0.3) is 0 Å². The molecule has 0 saturated heterocycles. The van der Waals surface area contributed by atoms with Gasteiger partial charge in [-0.2, -0.15) is 0 Å². The molecule has 1 nitrogen and oxygen atoms in total. The van der Waals surface area contributed by atoms with Crippen LogP contribution in [0.1, 0.15) is 0 Å². The third-order valence-corrected chi connectivity index (χ3v) is 11.6. The summed E-state index contributed by atoms with van der Waals surface area (Å²) in [4.78, 5) is 2.39. The van der Waals surface area contributed by atoms with Crippen molar-refractivity contribution in [1.29, 1.82) is 0 Å². The lowest BCUT2D eigenvalue weighted by atomic mass is 9.81. The average Bonchev–Trinajstić information content (AvgIpc) is 3.29. The van der Waals surface area contributed by atoms with Gasteiger partial charge in [-0.1, -0.05) is 182 Å². The fourth-order valence-electron chi connectivity index (χ4n) is 8.95. The second kappa shape index (κ2) is 13.7. The van der Waals surface area contributed by atoms with Crippen LogP contribution in [-0.2, 0) is 0 Å². The summed E-state index contributed by atoms with van der Waals surface area (Å²) in [6.07, 6.45) is 0. The third-order valence-electron chi connectivity index (χ3n) is 11.6. The lowest BCUT2D eigenvalue weighted by molar-refractivity contribution is 1.29. The van der Waals surface area contributed by atoms with E-state index in [2.05, 4.69) is 229 Å². The molecule has 0 saturated carbocycles. The highest BCUT2D eigenvalue weighted by molar-refractivity contribution is 6.33. The molecule has 0 bridgehead atoms. The zero-order valence-corrected chi connectivity index (χ0v) is 31.3.